The molecule has 0 bridgehead atoms. The van der Waals surface area contributed by atoms with Crippen LogP contribution in [-0.4, -0.2) is 90.2 Å². The molecule has 1 heterocycles. The van der Waals surface area contributed by atoms with Gasteiger partial charge in [0.05, 0.1) is 13.2 Å². The molecule has 3 unspecified atom stereocenters. The van der Waals surface area contributed by atoms with Crippen molar-refractivity contribution < 1.29 is 58.5 Å². The van der Waals surface area contributed by atoms with E-state index < -0.39 is 50.0 Å². The van der Waals surface area contributed by atoms with Gasteiger partial charge in [0, 0.05) is 5.57 Å². The lowest BCUT2D eigenvalue weighted by molar-refractivity contribution is -0.157. The number of hydrogen-bond donors (Lipinski definition) is 4. The molecule has 150 valence electrons. The number of rotatable bonds is 8. The van der Waals surface area contributed by atoms with Gasteiger partial charge in [-0.05, 0) is 6.92 Å². The highest BCUT2D eigenvalue weighted by atomic mass is 16.8. The maximum atomic E-state index is 10.8. The number of aliphatic hydroxyl groups is 4. The van der Waals surface area contributed by atoms with E-state index in [9.17, 15) is 14.4 Å². The van der Waals surface area contributed by atoms with E-state index in [0.29, 0.717) is 0 Å². The molecular weight excluding hydrogens is 360 g/mol. The quantitative estimate of drug-likeness (QED) is 0.216. The Balaban J connectivity index is 0.000000485. The van der Waals surface area contributed by atoms with E-state index in [-0.39, 0.29) is 25.4 Å². The number of aliphatic hydroxyl groups excluding tert-OH is 4. The Morgan fingerprint density at radius 2 is 1.69 bits per heavy atom. The first-order valence-corrected chi connectivity index (χ1v) is 7.26. The summed E-state index contributed by atoms with van der Waals surface area (Å²) in [5.41, 5.74) is 0.248. The van der Waals surface area contributed by atoms with Crippen molar-refractivity contribution in [2.45, 2.75) is 25.4 Å². The van der Waals surface area contributed by atoms with Gasteiger partial charge in [0.2, 0.25) is 0 Å². The predicted molar refractivity (Wildman–Crippen MR) is 80.6 cm³/mol. The molecule has 0 aromatic heterocycles. The number of cyclic esters (lactones) is 2. The van der Waals surface area contributed by atoms with Crippen LogP contribution in [0.15, 0.2) is 12.2 Å². The van der Waals surface area contributed by atoms with Crippen LogP contribution in [-0.2, 0) is 28.5 Å². The van der Waals surface area contributed by atoms with Gasteiger partial charge in [0.1, 0.15) is 25.4 Å². The number of carbonyl (C=O) groups excluding carboxylic acids is 3. The third-order valence-corrected chi connectivity index (χ3v) is 2.36. The Morgan fingerprint density at radius 1 is 1.19 bits per heavy atom. The summed E-state index contributed by atoms with van der Waals surface area (Å²) in [6, 6.07) is 0. The Labute approximate surface area is 148 Å². The van der Waals surface area contributed by atoms with Crippen LogP contribution in [0.25, 0.3) is 0 Å². The van der Waals surface area contributed by atoms with Gasteiger partial charge in [-0.2, -0.15) is 0 Å². The minimum absolute atomic E-state index is 0.0577. The minimum Gasteiger partial charge on any atom is -0.431 e. The lowest BCUT2D eigenvalue weighted by Gasteiger charge is -2.10. The first kappa shape index (κ1) is 23.6. The molecule has 3 atom stereocenters. The van der Waals surface area contributed by atoms with Crippen molar-refractivity contribution in [1.82, 2.24) is 0 Å². The molecule has 0 aromatic carbocycles. The lowest BCUT2D eigenvalue weighted by atomic mass is 10.4. The van der Waals surface area contributed by atoms with Crippen molar-refractivity contribution in [3.63, 3.8) is 0 Å². The van der Waals surface area contributed by atoms with E-state index in [2.05, 4.69) is 30.3 Å². The van der Waals surface area contributed by atoms with Crippen LogP contribution in [0, 0.1) is 0 Å². The van der Waals surface area contributed by atoms with Gasteiger partial charge in [-0.3, -0.25) is 0 Å². The average molecular weight is 382 g/mol. The van der Waals surface area contributed by atoms with Crippen molar-refractivity contribution in [3.05, 3.63) is 12.2 Å². The molecule has 0 saturated carbocycles. The lowest BCUT2D eigenvalue weighted by Crippen LogP contribution is -2.25. The fraction of sp³-hybridized carbons (Fsp3) is 0.643. The second-order valence-electron chi connectivity index (χ2n) is 4.84. The van der Waals surface area contributed by atoms with Crippen molar-refractivity contribution in [3.8, 4) is 0 Å². The van der Waals surface area contributed by atoms with Crippen LogP contribution in [0.5, 0.6) is 0 Å². The first-order chi connectivity index (χ1) is 12.2. The highest BCUT2D eigenvalue weighted by Crippen LogP contribution is 2.09. The summed E-state index contributed by atoms with van der Waals surface area (Å²) in [5.74, 6) is -0.599. The molecule has 12 heteroatoms. The summed E-state index contributed by atoms with van der Waals surface area (Å²) in [4.78, 5) is 31.8. The van der Waals surface area contributed by atoms with Gasteiger partial charge in [-0.25, -0.2) is 14.4 Å². The summed E-state index contributed by atoms with van der Waals surface area (Å²) >= 11 is 0. The smallest absolute Gasteiger partial charge is 0.431 e. The molecular formula is C14H22O12. The largest absolute Gasteiger partial charge is 0.511 e. The molecule has 1 aliphatic rings. The highest BCUT2D eigenvalue weighted by Gasteiger charge is 2.28. The van der Waals surface area contributed by atoms with E-state index in [0.717, 1.165) is 0 Å². The van der Waals surface area contributed by atoms with Gasteiger partial charge >= 0.3 is 18.3 Å². The number of esters is 1. The average Bonchev–Trinajstić information content (AvgIpc) is 3.02. The summed E-state index contributed by atoms with van der Waals surface area (Å²) < 4.78 is 22.1. The Kier molecular flexibility index (Phi) is 11.7. The van der Waals surface area contributed by atoms with Crippen LogP contribution in [0.4, 0.5) is 9.59 Å². The molecule has 0 radical (unpaired) electrons. The van der Waals surface area contributed by atoms with E-state index in [4.69, 9.17) is 20.4 Å². The summed E-state index contributed by atoms with van der Waals surface area (Å²) in [6.45, 7) is 2.99. The molecule has 4 N–H and O–H groups in total. The van der Waals surface area contributed by atoms with Crippen LogP contribution in [0.1, 0.15) is 6.92 Å². The van der Waals surface area contributed by atoms with Gasteiger partial charge in [-0.1, -0.05) is 6.58 Å². The third-order valence-electron chi connectivity index (χ3n) is 2.36. The van der Waals surface area contributed by atoms with Crippen LogP contribution < -0.4 is 0 Å². The fourth-order valence-corrected chi connectivity index (χ4v) is 1.07. The van der Waals surface area contributed by atoms with Crippen molar-refractivity contribution in [2.75, 3.05) is 33.0 Å². The molecule has 0 aliphatic carbocycles. The molecule has 1 aliphatic heterocycles. The fourth-order valence-electron chi connectivity index (χ4n) is 1.07. The normalized spacial score (nSPS) is 17.6. The highest BCUT2D eigenvalue weighted by molar-refractivity contribution is 5.87. The molecule has 0 amide bonds. The van der Waals surface area contributed by atoms with Crippen molar-refractivity contribution in [1.29, 1.82) is 0 Å². The second-order valence-corrected chi connectivity index (χ2v) is 4.84. The van der Waals surface area contributed by atoms with E-state index in [1.165, 1.54) is 6.92 Å². The maximum absolute atomic E-state index is 10.8. The molecule has 0 aromatic rings. The predicted octanol–water partition coefficient (Wildman–Crippen LogP) is -1.56. The summed E-state index contributed by atoms with van der Waals surface area (Å²) in [5, 5.41) is 34.2. The minimum atomic E-state index is -1.15. The molecule has 0 spiro atoms. The van der Waals surface area contributed by atoms with Gasteiger partial charge in [0.25, 0.3) is 6.29 Å². The zero-order valence-electron chi connectivity index (χ0n) is 14.0. The zero-order valence-corrected chi connectivity index (χ0v) is 14.0. The van der Waals surface area contributed by atoms with Crippen molar-refractivity contribution >= 4 is 18.3 Å². The van der Waals surface area contributed by atoms with Crippen LogP contribution in [0.3, 0.4) is 0 Å². The monoisotopic (exact) mass is 382 g/mol. The van der Waals surface area contributed by atoms with Crippen LogP contribution in [0.2, 0.25) is 0 Å². The Bertz CT molecular complexity index is 461. The second kappa shape index (κ2) is 12.9. The molecule has 12 nitrogen and oxygen atoms in total. The standard InChI is InChI=1S/C7H14O7.C7H8O5/c8-1-5(10)3-13-7(12)14-4-6(11)2-9;1-4(2)6(8)11-5-3-10-7(9)12-5/h5-6,8-11H,1-4H2;5H,1,3H2,2H3. The first-order valence-electron chi connectivity index (χ1n) is 7.26. The van der Waals surface area contributed by atoms with Crippen molar-refractivity contribution in [2.24, 2.45) is 0 Å². The zero-order chi connectivity index (χ0) is 20.1. The topological polar surface area (TPSA) is 178 Å². The number of carbonyl (C=O) groups is 3. The van der Waals surface area contributed by atoms with Gasteiger partial charge in [-0.15, -0.1) is 0 Å². The van der Waals surface area contributed by atoms with E-state index in [1.807, 2.05) is 0 Å². The van der Waals surface area contributed by atoms with Gasteiger partial charge in [0.15, 0.2) is 6.61 Å². The number of hydrogen-bond acceptors (Lipinski definition) is 12. The molecule has 1 fully saturated rings. The van der Waals surface area contributed by atoms with Crippen LogP contribution >= 0.6 is 0 Å². The summed E-state index contributed by atoms with van der Waals surface area (Å²) in [6.07, 6.45) is -5.13. The van der Waals surface area contributed by atoms with Gasteiger partial charge < -0.3 is 44.1 Å². The molecule has 26 heavy (non-hydrogen) atoms. The third kappa shape index (κ3) is 11.2. The maximum Gasteiger partial charge on any atom is 0.511 e. The molecule has 1 saturated heterocycles. The summed E-state index contributed by atoms with van der Waals surface area (Å²) in [7, 11) is 0. The molecule has 1 rings (SSSR count). The number of ether oxygens (including phenoxy) is 5. The SMILES string of the molecule is C=C(C)C(=O)OC1COC(=O)O1.O=C(OCC(O)CO)OCC(O)CO. The van der Waals surface area contributed by atoms with E-state index in [1.54, 1.807) is 0 Å². The Hall–Kier alpha value is -2.41. The Morgan fingerprint density at radius 3 is 2.04 bits per heavy atom. The van der Waals surface area contributed by atoms with E-state index >= 15 is 0 Å².